The van der Waals surface area contributed by atoms with Crippen LogP contribution in [0.5, 0.6) is 0 Å². The van der Waals surface area contributed by atoms with Gasteiger partial charge >= 0.3 is 35.8 Å². The molecule has 0 heterocycles. The van der Waals surface area contributed by atoms with Gasteiger partial charge in [0.1, 0.15) is 28.0 Å². The zero-order valence-corrected chi connectivity index (χ0v) is 57.7. The molecule has 20 saturated carbocycles. The molecule has 0 amide bonds. The molecule has 12 heteroatoms. The number of ether oxygens (including phenoxy) is 6. The third kappa shape index (κ3) is 13.2. The van der Waals surface area contributed by atoms with Crippen LogP contribution in [-0.2, 0) is 57.2 Å². The second-order valence-corrected chi connectivity index (χ2v) is 34.4. The van der Waals surface area contributed by atoms with Gasteiger partial charge in [-0.2, -0.15) is 0 Å². The van der Waals surface area contributed by atoms with Crippen molar-refractivity contribution >= 4 is 35.8 Å². The van der Waals surface area contributed by atoms with E-state index in [4.69, 9.17) is 28.4 Å². The van der Waals surface area contributed by atoms with E-state index in [0.717, 1.165) is 65.6 Å². The average molecular weight is 1260 g/mol. The van der Waals surface area contributed by atoms with Crippen LogP contribution in [0.4, 0.5) is 0 Å². The fourth-order valence-electron chi connectivity index (χ4n) is 24.4. The van der Waals surface area contributed by atoms with Crippen LogP contribution in [0, 0.1) is 124 Å². The van der Waals surface area contributed by atoms with Crippen molar-refractivity contribution in [3.8, 4) is 0 Å². The number of rotatable bonds is 14. The molecular formula is C79H116O12. The zero-order chi connectivity index (χ0) is 65.4. The summed E-state index contributed by atoms with van der Waals surface area (Å²) in [5.41, 5.74) is 0.768. The highest BCUT2D eigenvalue weighted by atomic mass is 16.6. The number of hydrogen-bond acceptors (Lipinski definition) is 12. The Hall–Kier alpha value is -4.48. The van der Waals surface area contributed by atoms with Crippen LogP contribution in [-0.4, -0.2) is 70.4 Å². The van der Waals surface area contributed by atoms with Crippen molar-refractivity contribution in [2.24, 2.45) is 124 Å². The normalized spacial score (nSPS) is 44.6. The van der Waals surface area contributed by atoms with Gasteiger partial charge in [-0.3, -0.25) is 0 Å². The monoisotopic (exact) mass is 1260 g/mol. The summed E-state index contributed by atoms with van der Waals surface area (Å²) in [5.74, 6) is 13.4. The van der Waals surface area contributed by atoms with Gasteiger partial charge in [0.15, 0.2) is 6.61 Å². The third-order valence-corrected chi connectivity index (χ3v) is 28.1. The SMILES string of the molecule is C=C(C)C(=O)OC1(C(C)C)C2CC3CC(C2)CC1C3.C=C(C)C(=O)OC1(C)C2CC3CC(C2)CC1C3.C=C(C)C(=O)OC1(CC)C2CC3CC(C2)CC1C3.C=C(C)C(=O)OCC(=O)OC1(C)C2CC3CC(C2)CC1C3.C=CC(=O)OC1(C)C2CC3CC(C2)CC1C3. The van der Waals surface area contributed by atoms with Crippen molar-refractivity contribution in [1.29, 1.82) is 0 Å². The fourth-order valence-corrected chi connectivity index (χ4v) is 24.4. The first-order valence-electron chi connectivity index (χ1n) is 36.5. The summed E-state index contributed by atoms with van der Waals surface area (Å²) in [6.45, 7) is 37.7. The zero-order valence-electron chi connectivity index (χ0n) is 57.7. The summed E-state index contributed by atoms with van der Waals surface area (Å²) in [6.07, 6.45) is 34.5. The Kier molecular flexibility index (Phi) is 19.6. The van der Waals surface area contributed by atoms with E-state index >= 15 is 0 Å². The first-order chi connectivity index (χ1) is 43.0. The first kappa shape index (κ1) is 67.9. The number of carbonyl (C=O) groups excluding carboxylic acids is 6. The summed E-state index contributed by atoms with van der Waals surface area (Å²) in [4.78, 5) is 70.8. The minimum Gasteiger partial charge on any atom is -0.456 e. The second-order valence-electron chi connectivity index (χ2n) is 34.4. The Bertz CT molecular complexity index is 2710. The van der Waals surface area contributed by atoms with Crippen molar-refractivity contribution in [2.75, 3.05) is 6.61 Å². The molecule has 0 unspecified atom stereocenters. The van der Waals surface area contributed by atoms with Crippen molar-refractivity contribution in [3.05, 3.63) is 61.3 Å². The molecule has 0 radical (unpaired) electrons. The Balaban J connectivity index is 0.000000117. The molecule has 0 spiro atoms. The van der Waals surface area contributed by atoms with Crippen molar-refractivity contribution < 1.29 is 57.2 Å². The van der Waals surface area contributed by atoms with Gasteiger partial charge in [-0.25, -0.2) is 28.8 Å². The van der Waals surface area contributed by atoms with Crippen LogP contribution in [0.25, 0.3) is 0 Å². The van der Waals surface area contributed by atoms with Gasteiger partial charge < -0.3 is 28.4 Å². The molecule has 20 bridgehead atoms. The molecule has 0 aromatic rings. The first-order valence-corrected chi connectivity index (χ1v) is 36.5. The molecule has 20 fully saturated rings. The van der Waals surface area contributed by atoms with E-state index in [2.05, 4.69) is 74.4 Å². The molecule has 20 aliphatic carbocycles. The number of carbonyl (C=O) groups is 6. The maximum Gasteiger partial charge on any atom is 0.344 e. The van der Waals surface area contributed by atoms with Gasteiger partial charge in [0.25, 0.3) is 0 Å². The van der Waals surface area contributed by atoms with Crippen LogP contribution < -0.4 is 0 Å². The summed E-state index contributed by atoms with van der Waals surface area (Å²) in [5, 5.41) is 0. The summed E-state index contributed by atoms with van der Waals surface area (Å²) in [7, 11) is 0. The predicted octanol–water partition coefficient (Wildman–Crippen LogP) is 16.8. The van der Waals surface area contributed by atoms with Crippen LogP contribution in [0.3, 0.4) is 0 Å². The van der Waals surface area contributed by atoms with E-state index in [9.17, 15) is 28.8 Å². The lowest BCUT2D eigenvalue weighted by molar-refractivity contribution is -0.221. The van der Waals surface area contributed by atoms with E-state index in [-0.39, 0.29) is 58.5 Å². The van der Waals surface area contributed by atoms with Crippen LogP contribution in [0.1, 0.15) is 236 Å². The Morgan fingerprint density at radius 3 is 0.923 bits per heavy atom. The molecule has 0 saturated heterocycles. The minimum atomic E-state index is -0.540. The molecule has 20 rings (SSSR count). The van der Waals surface area contributed by atoms with E-state index in [0.29, 0.717) is 87.4 Å². The van der Waals surface area contributed by atoms with Crippen LogP contribution in [0.2, 0.25) is 0 Å². The molecule has 20 aliphatic rings. The summed E-state index contributed by atoms with van der Waals surface area (Å²) < 4.78 is 34.3. The van der Waals surface area contributed by atoms with Gasteiger partial charge in [-0.1, -0.05) is 53.7 Å². The molecular weight excluding hydrogens is 1140 g/mol. The molecule has 91 heavy (non-hydrogen) atoms. The number of esters is 6. The Morgan fingerprint density at radius 2 is 0.637 bits per heavy atom. The molecule has 0 N–H and O–H groups in total. The second kappa shape index (κ2) is 26.3. The van der Waals surface area contributed by atoms with E-state index < -0.39 is 11.9 Å². The molecule has 0 aromatic heterocycles. The lowest BCUT2D eigenvalue weighted by atomic mass is 9.47. The Morgan fingerprint density at radius 1 is 0.374 bits per heavy atom. The molecule has 0 aliphatic heterocycles. The quantitative estimate of drug-likeness (QED) is 0.0922. The maximum atomic E-state index is 12.1. The van der Waals surface area contributed by atoms with Gasteiger partial charge in [-0.05, 0) is 340 Å². The van der Waals surface area contributed by atoms with E-state index in [1.807, 2.05) is 0 Å². The molecule has 0 atom stereocenters. The molecule has 12 nitrogen and oxygen atoms in total. The highest BCUT2D eigenvalue weighted by molar-refractivity contribution is 5.89. The van der Waals surface area contributed by atoms with Crippen molar-refractivity contribution in [2.45, 2.75) is 264 Å². The lowest BCUT2D eigenvalue weighted by Gasteiger charge is -2.61. The topological polar surface area (TPSA) is 158 Å². The lowest BCUT2D eigenvalue weighted by Crippen LogP contribution is -2.62. The third-order valence-electron chi connectivity index (χ3n) is 28.1. The smallest absolute Gasteiger partial charge is 0.344 e. The van der Waals surface area contributed by atoms with E-state index in [1.54, 1.807) is 27.7 Å². The summed E-state index contributed by atoms with van der Waals surface area (Å²) in [6, 6.07) is 0. The molecule has 0 aromatic carbocycles. The maximum absolute atomic E-state index is 12.1. The largest absolute Gasteiger partial charge is 0.456 e. The van der Waals surface area contributed by atoms with Gasteiger partial charge in [-0.15, -0.1) is 0 Å². The predicted molar refractivity (Wildman–Crippen MR) is 352 cm³/mol. The van der Waals surface area contributed by atoms with E-state index in [1.165, 1.54) is 167 Å². The molecule has 504 valence electrons. The van der Waals surface area contributed by atoms with Gasteiger partial charge in [0.2, 0.25) is 0 Å². The van der Waals surface area contributed by atoms with Crippen LogP contribution in [0.15, 0.2) is 61.3 Å². The van der Waals surface area contributed by atoms with Crippen molar-refractivity contribution in [3.63, 3.8) is 0 Å². The highest BCUT2D eigenvalue weighted by Crippen LogP contribution is 2.65. The standard InChI is InChI=1S/C17H24O4.C17H26O2.C16H24O2.C15H22O2.C14H20O2/c1-10(2)16(19)20-9-15(18)21-17(3)13-5-11-4-12(7-13)8-14(17)6-11;1-10(2)16(18)19-17(11(3)4)14-6-12-5-13(8-14)9-15(17)7-12;1-4-16(18-15(17)10(2)3)13-6-11-5-12(8-13)9-14(16)7-11;1-9(2)14(16)17-15(3)12-5-10-4-11(7-12)8-13(15)6-10;1-3-13(15)16-14(2)11-5-9-4-10(7-11)8-12(14)6-9/h11-14H,1,4-9H2,2-3H3;11-15H,1,5-9H2,2-4H3;11-14H,2,4-9H2,1,3H3;10-13H,1,4-8H2,2-3H3;3,9-12H,1,4-8H2,2H3. The van der Waals surface area contributed by atoms with Gasteiger partial charge in [0.05, 0.1) is 0 Å². The summed E-state index contributed by atoms with van der Waals surface area (Å²) >= 11 is 0. The average Bonchev–Trinajstić information content (AvgIpc) is 1.52. The van der Waals surface area contributed by atoms with Crippen LogP contribution >= 0.6 is 0 Å². The minimum absolute atomic E-state index is 0.163. The fraction of sp³-hybridized carbons (Fsp3) is 0.797. The highest BCUT2D eigenvalue weighted by Gasteiger charge is 2.63. The van der Waals surface area contributed by atoms with Gasteiger partial charge in [0, 0.05) is 28.4 Å². The number of hydrogen-bond donors (Lipinski definition) is 0. The Labute approximate surface area is 546 Å². The van der Waals surface area contributed by atoms with Crippen molar-refractivity contribution in [1.82, 2.24) is 0 Å².